The van der Waals surface area contributed by atoms with Gasteiger partial charge in [-0.25, -0.2) is 5.26 Å². The molecule has 130 valence electrons. The summed E-state index contributed by atoms with van der Waals surface area (Å²) in [6.07, 6.45) is 5.24. The molecular weight excluding hydrogens is 330 g/mol. The van der Waals surface area contributed by atoms with Gasteiger partial charge in [-0.2, -0.15) is 0 Å². The van der Waals surface area contributed by atoms with Crippen molar-refractivity contribution in [3.8, 4) is 22.6 Å². The highest BCUT2D eigenvalue weighted by Gasteiger charge is 2.20. The summed E-state index contributed by atoms with van der Waals surface area (Å²) in [5.74, 6) is 0.959. The first-order valence-electron chi connectivity index (χ1n) is 8.41. The van der Waals surface area contributed by atoms with Gasteiger partial charge >= 0.3 is 0 Å². The fourth-order valence-corrected chi connectivity index (χ4v) is 3.60. The van der Waals surface area contributed by atoms with Crippen LogP contribution in [0, 0.1) is 10.8 Å². The van der Waals surface area contributed by atoms with Crippen LogP contribution in [-0.2, 0) is 0 Å². The van der Waals surface area contributed by atoms with Crippen molar-refractivity contribution in [2.24, 2.45) is 11.3 Å². The summed E-state index contributed by atoms with van der Waals surface area (Å²) in [4.78, 5) is 20.5. The van der Waals surface area contributed by atoms with E-state index < -0.39 is 0 Å². The zero-order valence-electron chi connectivity index (χ0n) is 14.2. The van der Waals surface area contributed by atoms with Gasteiger partial charge in [-0.15, -0.1) is 4.91 Å². The summed E-state index contributed by atoms with van der Waals surface area (Å²) in [6, 6.07) is 15.0. The lowest BCUT2D eigenvalue weighted by Gasteiger charge is -2.17. The van der Waals surface area contributed by atoms with Crippen LogP contribution in [-0.4, -0.2) is 5.26 Å². The molecule has 3 aromatic carbocycles. The zero-order chi connectivity index (χ0) is 18.1. The maximum atomic E-state index is 10.8. The molecule has 5 heteroatoms. The van der Waals surface area contributed by atoms with Crippen molar-refractivity contribution in [2.75, 3.05) is 0 Å². The Balaban J connectivity index is 2.20. The molecule has 0 saturated heterocycles. The van der Waals surface area contributed by atoms with Crippen molar-refractivity contribution >= 4 is 22.9 Å². The van der Waals surface area contributed by atoms with Crippen LogP contribution in [0.5, 0.6) is 11.5 Å². The lowest BCUT2D eigenvalue weighted by Crippen LogP contribution is -2.31. The Bertz CT molecular complexity index is 1120. The minimum atomic E-state index is 0.291. The number of benzene rings is 3. The van der Waals surface area contributed by atoms with Gasteiger partial charge in [0.1, 0.15) is 0 Å². The monoisotopic (exact) mass is 347 g/mol. The fraction of sp³-hybridized carbons (Fsp3) is 0.143. The van der Waals surface area contributed by atoms with E-state index in [1.807, 2.05) is 36.4 Å². The van der Waals surface area contributed by atoms with E-state index >= 15 is 0 Å². The summed E-state index contributed by atoms with van der Waals surface area (Å²) in [5, 5.41) is 16.0. The van der Waals surface area contributed by atoms with Crippen LogP contribution in [0.15, 0.2) is 53.9 Å². The summed E-state index contributed by atoms with van der Waals surface area (Å²) >= 11 is 0. The molecule has 1 aliphatic rings. The zero-order valence-corrected chi connectivity index (χ0v) is 14.2. The molecule has 0 aliphatic heterocycles. The third-order valence-corrected chi connectivity index (χ3v) is 4.78. The number of rotatable bonds is 4. The van der Waals surface area contributed by atoms with E-state index in [4.69, 9.17) is 4.84 Å². The molecule has 1 unspecified atom stereocenters. The summed E-state index contributed by atoms with van der Waals surface area (Å²) in [7, 11) is 0. The SMILES string of the molecule is CC1C=c2c(-c3c(OO)ccc4ccccc34)c(ON=O)ccc2=CC1. The smallest absolute Gasteiger partial charge is 0.173 e. The van der Waals surface area contributed by atoms with Crippen LogP contribution in [0.3, 0.4) is 0 Å². The van der Waals surface area contributed by atoms with Gasteiger partial charge in [0.25, 0.3) is 0 Å². The van der Waals surface area contributed by atoms with Gasteiger partial charge in [0, 0.05) is 11.1 Å². The van der Waals surface area contributed by atoms with E-state index in [-0.39, 0.29) is 0 Å². The number of hydrogen-bond acceptors (Lipinski definition) is 5. The molecular formula is C21H17NO4. The van der Waals surface area contributed by atoms with Crippen molar-refractivity contribution in [1.82, 2.24) is 0 Å². The van der Waals surface area contributed by atoms with Crippen LogP contribution in [0.25, 0.3) is 34.1 Å². The van der Waals surface area contributed by atoms with E-state index in [1.54, 1.807) is 12.1 Å². The molecule has 0 bridgehead atoms. The van der Waals surface area contributed by atoms with Gasteiger partial charge in [0.05, 0.1) is 0 Å². The van der Waals surface area contributed by atoms with Crippen LogP contribution in [0.1, 0.15) is 13.3 Å². The summed E-state index contributed by atoms with van der Waals surface area (Å²) < 4.78 is 0. The van der Waals surface area contributed by atoms with Crippen molar-refractivity contribution < 1.29 is 15.0 Å². The average Bonchev–Trinajstić information content (AvgIpc) is 2.67. The molecule has 1 atom stereocenters. The van der Waals surface area contributed by atoms with Crippen LogP contribution >= 0.6 is 0 Å². The lowest BCUT2D eigenvalue weighted by molar-refractivity contribution is -0.136. The Kier molecular flexibility index (Phi) is 4.14. The third-order valence-electron chi connectivity index (χ3n) is 4.78. The molecule has 0 aromatic heterocycles. The van der Waals surface area contributed by atoms with Crippen molar-refractivity contribution in [2.45, 2.75) is 13.3 Å². The van der Waals surface area contributed by atoms with Crippen LogP contribution in [0.2, 0.25) is 0 Å². The molecule has 4 rings (SSSR count). The third kappa shape index (κ3) is 2.62. The second-order valence-corrected chi connectivity index (χ2v) is 6.44. The Morgan fingerprint density at radius 1 is 1.04 bits per heavy atom. The van der Waals surface area contributed by atoms with E-state index in [0.29, 0.717) is 28.5 Å². The Morgan fingerprint density at radius 3 is 2.65 bits per heavy atom. The maximum Gasteiger partial charge on any atom is 0.173 e. The summed E-state index contributed by atoms with van der Waals surface area (Å²) in [6.45, 7) is 2.13. The van der Waals surface area contributed by atoms with Gasteiger partial charge < -0.3 is 9.73 Å². The average molecular weight is 347 g/mol. The quantitative estimate of drug-likeness (QED) is 0.440. The highest BCUT2D eigenvalue weighted by atomic mass is 17.1. The van der Waals surface area contributed by atoms with Gasteiger partial charge in [0.2, 0.25) is 0 Å². The molecule has 3 aromatic rings. The first-order valence-corrected chi connectivity index (χ1v) is 8.41. The van der Waals surface area contributed by atoms with Gasteiger partial charge in [-0.05, 0) is 45.7 Å². The second kappa shape index (κ2) is 6.61. The Hall–Kier alpha value is -3.18. The highest BCUT2D eigenvalue weighted by Crippen LogP contribution is 2.39. The van der Waals surface area contributed by atoms with E-state index in [1.165, 1.54) is 0 Å². The lowest BCUT2D eigenvalue weighted by atomic mass is 9.90. The Labute approximate surface area is 149 Å². The molecule has 0 fully saturated rings. The molecule has 0 spiro atoms. The number of nitrogens with zero attached hydrogens (tertiary/aromatic N) is 1. The van der Waals surface area contributed by atoms with Gasteiger partial charge in [-0.3, -0.25) is 0 Å². The van der Waals surface area contributed by atoms with Gasteiger partial charge in [0.15, 0.2) is 16.8 Å². The van der Waals surface area contributed by atoms with E-state index in [2.05, 4.69) is 29.3 Å². The Morgan fingerprint density at radius 2 is 1.85 bits per heavy atom. The predicted molar refractivity (Wildman–Crippen MR) is 101 cm³/mol. The molecule has 26 heavy (non-hydrogen) atoms. The number of hydrogen-bond donors (Lipinski definition) is 1. The topological polar surface area (TPSA) is 68.1 Å². The molecule has 0 amide bonds. The predicted octanol–water partition coefficient (Wildman–Crippen LogP) is 4.02. The standard InChI is InChI=1S/C21H17NO4/c1-13-6-7-15-8-10-18(25-22-23)21(17(15)12-13)20-16-5-3-2-4-14(16)9-11-19(20)26-24/h2-5,7-13,24H,6H2,1H3. The van der Waals surface area contributed by atoms with E-state index in [0.717, 1.165) is 27.6 Å². The van der Waals surface area contributed by atoms with E-state index in [9.17, 15) is 10.2 Å². The minimum absolute atomic E-state index is 0.291. The molecule has 5 nitrogen and oxygen atoms in total. The molecule has 0 heterocycles. The summed E-state index contributed by atoms with van der Waals surface area (Å²) in [5.41, 5.74) is 1.35. The molecule has 0 radical (unpaired) electrons. The first kappa shape index (κ1) is 16.3. The first-order chi connectivity index (χ1) is 12.7. The number of fused-ring (bicyclic) bond motifs is 2. The van der Waals surface area contributed by atoms with Crippen molar-refractivity contribution in [1.29, 1.82) is 0 Å². The fourth-order valence-electron chi connectivity index (χ4n) is 3.60. The second-order valence-electron chi connectivity index (χ2n) is 6.44. The van der Waals surface area contributed by atoms with Crippen molar-refractivity contribution in [3.63, 3.8) is 0 Å². The molecule has 1 aliphatic carbocycles. The largest absolute Gasteiger partial charge is 0.340 e. The molecule has 0 saturated carbocycles. The highest BCUT2D eigenvalue weighted by molar-refractivity contribution is 6.01. The normalized spacial score (nSPS) is 15.5. The van der Waals surface area contributed by atoms with Crippen molar-refractivity contribution in [3.05, 3.63) is 63.9 Å². The van der Waals surface area contributed by atoms with Crippen LogP contribution < -0.4 is 20.2 Å². The van der Waals surface area contributed by atoms with Crippen LogP contribution in [0.4, 0.5) is 0 Å². The van der Waals surface area contributed by atoms with Gasteiger partial charge in [-0.1, -0.05) is 55.5 Å². The molecule has 1 N–H and O–H groups in total. The minimum Gasteiger partial charge on any atom is -0.340 e. The maximum absolute atomic E-state index is 10.8.